The van der Waals surface area contributed by atoms with Crippen LogP contribution in [0.25, 0.3) is 199 Å². The van der Waals surface area contributed by atoms with Crippen LogP contribution >= 0.6 is 0 Å². The number of hydrogen-bond acceptors (Lipinski definition) is 0. The summed E-state index contributed by atoms with van der Waals surface area (Å²) in [5.41, 5.74) is 39.7. The molecule has 4 heteroatoms. The average molecular weight is 1510 g/mol. The highest BCUT2D eigenvalue weighted by Crippen LogP contribution is 2.55. The fourth-order valence-corrected chi connectivity index (χ4v) is 20.0. The molecule has 0 bridgehead atoms. The third kappa shape index (κ3) is 10.8. The first-order valence-corrected chi connectivity index (χ1v) is 41.2. The monoisotopic (exact) mass is 1500 g/mol. The van der Waals surface area contributed by atoms with Gasteiger partial charge < -0.3 is 18.3 Å². The largest absolute Gasteiger partial charge is 0.309 e. The molecule has 2 aliphatic carbocycles. The van der Waals surface area contributed by atoms with Gasteiger partial charge in [-0.3, -0.25) is 0 Å². The first-order valence-electron chi connectivity index (χ1n) is 41.2. The van der Waals surface area contributed by atoms with Crippen molar-refractivity contribution >= 4 is 87.2 Å². The van der Waals surface area contributed by atoms with Gasteiger partial charge in [-0.25, -0.2) is 0 Å². The molecule has 0 amide bonds. The van der Waals surface area contributed by atoms with Crippen molar-refractivity contribution in [1.82, 2.24) is 18.3 Å². The zero-order valence-electron chi connectivity index (χ0n) is 66.0. The molecule has 18 aromatic carbocycles. The van der Waals surface area contributed by atoms with E-state index < -0.39 is 0 Å². The molecule has 22 aromatic rings. The maximum Gasteiger partial charge on any atom is 0.0547 e. The number of hydrogen-bond donors (Lipinski definition) is 0. The van der Waals surface area contributed by atoms with Gasteiger partial charge in [0.2, 0.25) is 0 Å². The molecule has 2 aliphatic rings. The molecular weight excluding hydrogens is 1430 g/mol. The van der Waals surface area contributed by atoms with Crippen LogP contribution in [0.2, 0.25) is 0 Å². The van der Waals surface area contributed by atoms with E-state index in [1.165, 1.54) is 198 Å². The van der Waals surface area contributed by atoms with E-state index >= 15 is 0 Å². The lowest BCUT2D eigenvalue weighted by atomic mass is 9.82. The molecule has 24 rings (SSSR count). The van der Waals surface area contributed by atoms with Gasteiger partial charge in [0.1, 0.15) is 0 Å². The molecule has 0 N–H and O–H groups in total. The van der Waals surface area contributed by atoms with Gasteiger partial charge in [0.05, 0.1) is 44.1 Å². The van der Waals surface area contributed by atoms with Crippen LogP contribution in [-0.4, -0.2) is 18.3 Å². The van der Waals surface area contributed by atoms with Crippen LogP contribution in [0.3, 0.4) is 0 Å². The van der Waals surface area contributed by atoms with Crippen LogP contribution in [0.1, 0.15) is 49.9 Å². The number of para-hydroxylation sites is 2. The van der Waals surface area contributed by atoms with E-state index in [0.717, 1.165) is 22.7 Å². The highest BCUT2D eigenvalue weighted by Gasteiger charge is 2.39. The number of fused-ring (bicyclic) bond motifs is 19. The molecule has 0 saturated heterocycles. The fraction of sp³-hybridized carbons (Fsp3) is 0.0526. The molecular formula is C114H80N4. The minimum absolute atomic E-state index is 0.0927. The maximum atomic E-state index is 2.49. The summed E-state index contributed by atoms with van der Waals surface area (Å²) < 4.78 is 9.75. The van der Waals surface area contributed by atoms with Crippen LogP contribution in [-0.2, 0) is 10.8 Å². The molecule has 118 heavy (non-hydrogen) atoms. The van der Waals surface area contributed by atoms with Crippen molar-refractivity contribution in [3.05, 3.63) is 435 Å². The minimum atomic E-state index is -0.0927. The van der Waals surface area contributed by atoms with Gasteiger partial charge in [-0.05, 0) is 239 Å². The van der Waals surface area contributed by atoms with E-state index in [-0.39, 0.29) is 10.8 Å². The van der Waals surface area contributed by atoms with Crippen LogP contribution in [0.4, 0.5) is 0 Å². The smallest absolute Gasteiger partial charge is 0.0547 e. The third-order valence-electron chi connectivity index (χ3n) is 25.9. The van der Waals surface area contributed by atoms with E-state index in [0.29, 0.717) is 0 Å². The van der Waals surface area contributed by atoms with Crippen molar-refractivity contribution in [2.45, 2.75) is 38.5 Å². The number of aromatic nitrogens is 4. The van der Waals surface area contributed by atoms with Crippen molar-refractivity contribution in [3.63, 3.8) is 0 Å². The molecule has 4 aromatic heterocycles. The normalized spacial score (nSPS) is 13.1. The lowest BCUT2D eigenvalue weighted by molar-refractivity contribution is 0.661. The zero-order valence-corrected chi connectivity index (χ0v) is 66.0. The Kier molecular flexibility index (Phi) is 15.7. The van der Waals surface area contributed by atoms with E-state index in [9.17, 15) is 0 Å². The molecule has 4 nitrogen and oxygen atoms in total. The Morgan fingerprint density at radius 2 is 0.441 bits per heavy atom. The fourth-order valence-electron chi connectivity index (χ4n) is 20.0. The SMILES string of the molecule is CC1(C)c2ccccc2-c2c1ccc1c2c2cc(-c3ccc4c(c3)c3ccccc3n4-c3ccc(-c4ccccc4)cc3)ccc2n1-c1ccc(-c2ccccc2)cc1.CC1(C)c2ccccc2-c2cc3c(cc21)c1cc(-c2ccc4c(c2)c2ccccc2n4-c2ccc(-c4ccccc4)cc2)ccc1n3-c1ccc(-c2ccccc2)cc1. The Bertz CT molecular complexity index is 7680. The molecule has 4 heterocycles. The predicted molar refractivity (Wildman–Crippen MR) is 498 cm³/mol. The first kappa shape index (κ1) is 68.7. The van der Waals surface area contributed by atoms with Gasteiger partial charge in [-0.15, -0.1) is 0 Å². The summed E-state index contributed by atoms with van der Waals surface area (Å²) in [6.45, 7) is 9.50. The Morgan fingerprint density at radius 3 is 0.864 bits per heavy atom. The quantitative estimate of drug-likeness (QED) is 0.130. The standard InChI is InChI=1S/2C57H40N2/c1-57(2)49-19-11-9-18-46(49)55-50(57)31-34-54-56(55)48-36-42(26-33-53(48)59(54)44-29-23-40(24-30-44)38-15-7-4-8-16-38)41-25-32-52-47(35-41)45-17-10-12-20-51(45)58(52)43-27-21-39(22-28-43)37-13-5-3-6-14-37;1-57(2)51-19-11-9-17-45(51)47-36-56-50(35-52(47)57)49-34-42(26-32-55(49)59(56)44-29-23-40(24-30-44)38-15-7-4-8-16-38)41-25-31-54-48(33-41)46-18-10-12-20-53(46)58(54)43-27-21-39(22-28-43)37-13-5-3-6-14-37/h2*3-36H,1-2H3. The zero-order chi connectivity index (χ0) is 78.5. The van der Waals surface area contributed by atoms with Gasteiger partial charge in [-0.2, -0.15) is 0 Å². The second-order valence-corrected chi connectivity index (χ2v) is 33.1. The molecule has 0 saturated carbocycles. The van der Waals surface area contributed by atoms with E-state index in [4.69, 9.17) is 0 Å². The number of rotatable bonds is 10. The van der Waals surface area contributed by atoms with E-state index in [2.05, 4.69) is 458 Å². The van der Waals surface area contributed by atoms with Gasteiger partial charge in [-0.1, -0.05) is 313 Å². The van der Waals surface area contributed by atoms with Crippen LogP contribution in [0.15, 0.2) is 413 Å². The van der Waals surface area contributed by atoms with Crippen molar-refractivity contribution in [3.8, 4) is 112 Å². The lowest BCUT2D eigenvalue weighted by Gasteiger charge is -2.21. The van der Waals surface area contributed by atoms with Crippen LogP contribution < -0.4 is 0 Å². The molecule has 0 unspecified atom stereocenters. The van der Waals surface area contributed by atoms with Gasteiger partial charge >= 0.3 is 0 Å². The summed E-state index contributed by atoms with van der Waals surface area (Å²) >= 11 is 0. The highest BCUT2D eigenvalue weighted by molar-refractivity contribution is 6.20. The molecule has 0 fully saturated rings. The van der Waals surface area contributed by atoms with Crippen LogP contribution in [0.5, 0.6) is 0 Å². The lowest BCUT2D eigenvalue weighted by Crippen LogP contribution is -2.14. The minimum Gasteiger partial charge on any atom is -0.309 e. The summed E-state index contributed by atoms with van der Waals surface area (Å²) in [6.07, 6.45) is 0. The molecule has 556 valence electrons. The summed E-state index contributed by atoms with van der Waals surface area (Å²) in [6, 6.07) is 152. The second-order valence-electron chi connectivity index (χ2n) is 33.1. The average Bonchev–Trinajstić information content (AvgIpc) is 1.54. The Morgan fingerprint density at radius 1 is 0.161 bits per heavy atom. The van der Waals surface area contributed by atoms with Crippen molar-refractivity contribution in [1.29, 1.82) is 0 Å². The van der Waals surface area contributed by atoms with Crippen LogP contribution in [0, 0.1) is 0 Å². The molecule has 0 spiro atoms. The van der Waals surface area contributed by atoms with Gasteiger partial charge in [0.25, 0.3) is 0 Å². The van der Waals surface area contributed by atoms with E-state index in [1.54, 1.807) is 0 Å². The highest BCUT2D eigenvalue weighted by atomic mass is 15.0. The van der Waals surface area contributed by atoms with Gasteiger partial charge in [0, 0.05) is 76.7 Å². The Hall–Kier alpha value is -14.8. The van der Waals surface area contributed by atoms with Crippen molar-refractivity contribution in [2.24, 2.45) is 0 Å². The summed E-state index contributed by atoms with van der Waals surface area (Å²) in [4.78, 5) is 0. The third-order valence-corrected chi connectivity index (χ3v) is 25.9. The van der Waals surface area contributed by atoms with Gasteiger partial charge in [0.15, 0.2) is 0 Å². The molecule has 0 aliphatic heterocycles. The topological polar surface area (TPSA) is 19.7 Å². The predicted octanol–water partition coefficient (Wildman–Crippen LogP) is 30.4. The Balaban J connectivity index is 0.000000138. The summed E-state index contributed by atoms with van der Waals surface area (Å²) in [5.74, 6) is 0. The summed E-state index contributed by atoms with van der Waals surface area (Å²) in [7, 11) is 0. The van der Waals surface area contributed by atoms with Crippen molar-refractivity contribution < 1.29 is 0 Å². The van der Waals surface area contributed by atoms with E-state index in [1.807, 2.05) is 0 Å². The number of nitrogens with zero attached hydrogens (tertiary/aromatic N) is 4. The number of benzene rings is 18. The molecule has 0 atom stereocenters. The summed E-state index contributed by atoms with van der Waals surface area (Å²) in [5, 5.41) is 10.2. The maximum absolute atomic E-state index is 2.49. The first-order chi connectivity index (χ1) is 58.0. The van der Waals surface area contributed by atoms with Crippen molar-refractivity contribution in [2.75, 3.05) is 0 Å². The molecule has 0 radical (unpaired) electrons. The second kappa shape index (κ2) is 26.9. The Labute approximate surface area is 685 Å².